The first-order chi connectivity index (χ1) is 16.9. The molecule has 8 nitrogen and oxygen atoms in total. The molecule has 3 aromatic carbocycles. The van der Waals surface area contributed by atoms with Crippen LogP contribution in [0.15, 0.2) is 60.7 Å². The fourth-order valence-electron chi connectivity index (χ4n) is 3.95. The molecule has 8 heteroatoms. The number of carbonyl (C=O) groups excluding carboxylic acids is 4. The van der Waals surface area contributed by atoms with E-state index in [4.69, 9.17) is 19.1 Å². The van der Waals surface area contributed by atoms with Crippen molar-refractivity contribution >= 4 is 34.4 Å². The average molecular weight is 477 g/mol. The van der Waals surface area contributed by atoms with Gasteiger partial charge in [-0.15, -0.1) is 0 Å². The predicted octanol–water partition coefficient (Wildman–Crippen LogP) is 3.72. The van der Waals surface area contributed by atoms with Gasteiger partial charge in [-0.2, -0.15) is 9.59 Å². The quantitative estimate of drug-likeness (QED) is 0.582. The van der Waals surface area contributed by atoms with Crippen LogP contribution in [0.1, 0.15) is 25.8 Å². The maximum Gasteiger partial charge on any atom is 0.373 e. The molecule has 1 N–H and O–H groups in total. The van der Waals surface area contributed by atoms with Gasteiger partial charge in [0.1, 0.15) is 24.1 Å². The minimum atomic E-state index is -0.773. The summed E-state index contributed by atoms with van der Waals surface area (Å²) in [6.45, 7) is 4.18. The van der Waals surface area contributed by atoms with Crippen molar-refractivity contribution in [1.29, 1.82) is 0 Å². The van der Waals surface area contributed by atoms with Gasteiger partial charge in [0, 0.05) is 11.5 Å². The lowest BCUT2D eigenvalue weighted by molar-refractivity contribution is -0.191. The summed E-state index contributed by atoms with van der Waals surface area (Å²) >= 11 is 0. The van der Waals surface area contributed by atoms with E-state index < -0.39 is 6.04 Å². The number of hydrogen-bond donors (Lipinski definition) is 1. The molecule has 0 saturated carbocycles. The Bertz CT molecular complexity index is 1240. The standard InChI is InChI=1S/C26H28N2O4.CO2/c1-4-17(2)25(29)27-21-16-32-24-12-8-7-11-22(24)28(26(21)30)15-20-19-10-6-5-9-18(19)13-14-23(20)31-3;2-1-3/h5-14,17,21H,4,15-16H2,1-3H3,(H,27,29);/t17-,21+;/m1./s1. The topological polar surface area (TPSA) is 102 Å². The molecular weight excluding hydrogens is 448 g/mol. The Hall–Kier alpha value is -4.16. The predicted molar refractivity (Wildman–Crippen MR) is 130 cm³/mol. The lowest BCUT2D eigenvalue weighted by Gasteiger charge is -2.26. The van der Waals surface area contributed by atoms with Crippen LogP contribution in [0, 0.1) is 5.92 Å². The van der Waals surface area contributed by atoms with Crippen LogP contribution in [0.4, 0.5) is 5.69 Å². The Morgan fingerprint density at radius 3 is 2.54 bits per heavy atom. The fraction of sp³-hybridized carbons (Fsp3) is 0.296. The maximum absolute atomic E-state index is 13.7. The lowest BCUT2D eigenvalue weighted by Crippen LogP contribution is -2.51. The van der Waals surface area contributed by atoms with E-state index in [0.717, 1.165) is 16.3 Å². The normalized spacial score (nSPS) is 15.5. The Labute approximate surface area is 203 Å². The minimum Gasteiger partial charge on any atom is -0.496 e. The molecule has 182 valence electrons. The molecule has 4 rings (SSSR count). The SMILES string of the molecule is CC[C@@H](C)C(=O)N[C@H]1COc2ccccc2N(Cc2c(OC)ccc3ccccc23)C1=O.O=C=O. The van der Waals surface area contributed by atoms with Gasteiger partial charge in [-0.05, 0) is 35.4 Å². The van der Waals surface area contributed by atoms with Crippen molar-refractivity contribution in [3.63, 3.8) is 0 Å². The summed E-state index contributed by atoms with van der Waals surface area (Å²) in [4.78, 5) is 44.2. The molecule has 0 bridgehead atoms. The second-order valence-corrected chi connectivity index (χ2v) is 8.12. The number of fused-ring (bicyclic) bond motifs is 2. The molecule has 1 heterocycles. The molecule has 2 amide bonds. The molecule has 0 fully saturated rings. The van der Waals surface area contributed by atoms with Crippen LogP contribution in [0.5, 0.6) is 11.5 Å². The van der Waals surface area contributed by atoms with E-state index >= 15 is 0 Å². The summed E-state index contributed by atoms with van der Waals surface area (Å²) in [7, 11) is 1.63. The van der Waals surface area contributed by atoms with Gasteiger partial charge in [0.15, 0.2) is 0 Å². The van der Waals surface area contributed by atoms with Crippen molar-refractivity contribution in [3.8, 4) is 11.5 Å². The van der Waals surface area contributed by atoms with Crippen LogP contribution in [-0.2, 0) is 25.7 Å². The third kappa shape index (κ3) is 5.67. The van der Waals surface area contributed by atoms with E-state index in [1.165, 1.54) is 0 Å². The first-order valence-electron chi connectivity index (χ1n) is 11.3. The van der Waals surface area contributed by atoms with Crippen LogP contribution >= 0.6 is 0 Å². The molecule has 0 spiro atoms. The second kappa shape index (κ2) is 11.8. The summed E-state index contributed by atoms with van der Waals surface area (Å²) in [6.07, 6.45) is 0.949. The van der Waals surface area contributed by atoms with Crippen molar-refractivity contribution in [3.05, 3.63) is 66.2 Å². The Kier molecular flexibility index (Phi) is 8.59. The molecule has 2 atom stereocenters. The minimum absolute atomic E-state index is 0.0845. The summed E-state index contributed by atoms with van der Waals surface area (Å²) in [5, 5.41) is 4.97. The number of benzene rings is 3. The highest BCUT2D eigenvalue weighted by atomic mass is 16.5. The van der Waals surface area contributed by atoms with E-state index in [-0.39, 0.29) is 30.5 Å². The number of carbonyl (C=O) groups is 2. The van der Waals surface area contributed by atoms with Gasteiger partial charge in [-0.3, -0.25) is 9.59 Å². The largest absolute Gasteiger partial charge is 0.496 e. The molecule has 0 unspecified atom stereocenters. The van der Waals surface area contributed by atoms with Crippen molar-refractivity contribution in [2.75, 3.05) is 18.6 Å². The van der Waals surface area contributed by atoms with E-state index in [1.807, 2.05) is 74.5 Å². The van der Waals surface area contributed by atoms with Crippen LogP contribution in [0.3, 0.4) is 0 Å². The van der Waals surface area contributed by atoms with Crippen molar-refractivity contribution < 1.29 is 28.7 Å². The highest BCUT2D eigenvalue weighted by Gasteiger charge is 2.34. The third-order valence-electron chi connectivity index (χ3n) is 6.04. The first kappa shape index (κ1) is 25.5. The third-order valence-corrected chi connectivity index (χ3v) is 6.04. The zero-order valence-corrected chi connectivity index (χ0v) is 19.9. The fourth-order valence-corrected chi connectivity index (χ4v) is 3.95. The average Bonchev–Trinajstić information content (AvgIpc) is 3.01. The number of methoxy groups -OCH3 is 1. The molecule has 35 heavy (non-hydrogen) atoms. The highest BCUT2D eigenvalue weighted by Crippen LogP contribution is 2.36. The van der Waals surface area contributed by atoms with Crippen molar-refractivity contribution in [1.82, 2.24) is 5.32 Å². The maximum atomic E-state index is 13.7. The molecule has 0 aromatic heterocycles. The Morgan fingerprint density at radius 1 is 1.14 bits per heavy atom. The number of para-hydroxylation sites is 2. The van der Waals surface area contributed by atoms with Gasteiger partial charge in [-0.25, -0.2) is 0 Å². The summed E-state index contributed by atoms with van der Waals surface area (Å²) in [5.74, 6) is 0.782. The molecule has 0 saturated heterocycles. The molecule has 1 aliphatic heterocycles. The van der Waals surface area contributed by atoms with Crippen LogP contribution in [0.25, 0.3) is 10.8 Å². The molecule has 0 aliphatic carbocycles. The first-order valence-corrected chi connectivity index (χ1v) is 11.3. The van der Waals surface area contributed by atoms with Gasteiger partial charge in [0.05, 0.1) is 19.3 Å². The molecule has 0 radical (unpaired) electrons. The van der Waals surface area contributed by atoms with E-state index in [0.29, 0.717) is 30.2 Å². The van der Waals surface area contributed by atoms with Crippen molar-refractivity contribution in [2.24, 2.45) is 5.92 Å². The van der Waals surface area contributed by atoms with Crippen molar-refractivity contribution in [2.45, 2.75) is 32.9 Å². The molecular formula is C27H28N2O6. The number of rotatable bonds is 6. The zero-order chi connectivity index (χ0) is 25.4. The van der Waals surface area contributed by atoms with Crippen LogP contribution in [-0.4, -0.2) is 37.7 Å². The number of nitrogens with zero attached hydrogens (tertiary/aromatic N) is 1. The van der Waals surface area contributed by atoms with Gasteiger partial charge >= 0.3 is 6.15 Å². The lowest BCUT2D eigenvalue weighted by atomic mass is 10.0. The molecule has 1 aliphatic rings. The zero-order valence-electron chi connectivity index (χ0n) is 19.9. The second-order valence-electron chi connectivity index (χ2n) is 8.12. The number of ether oxygens (including phenoxy) is 2. The summed E-state index contributed by atoms with van der Waals surface area (Å²) in [6, 6.07) is 18.6. The van der Waals surface area contributed by atoms with Crippen LogP contribution in [0.2, 0.25) is 0 Å². The Morgan fingerprint density at radius 2 is 1.83 bits per heavy atom. The van der Waals surface area contributed by atoms with E-state index in [9.17, 15) is 9.59 Å². The van der Waals surface area contributed by atoms with E-state index in [2.05, 4.69) is 5.32 Å². The highest BCUT2D eigenvalue weighted by molar-refractivity contribution is 6.02. The molecule has 3 aromatic rings. The van der Waals surface area contributed by atoms with Crippen LogP contribution < -0.4 is 19.7 Å². The summed E-state index contributed by atoms with van der Waals surface area (Å²) in [5.41, 5.74) is 1.58. The number of anilines is 1. The monoisotopic (exact) mass is 476 g/mol. The summed E-state index contributed by atoms with van der Waals surface area (Å²) < 4.78 is 11.6. The number of nitrogens with one attached hydrogen (secondary N) is 1. The smallest absolute Gasteiger partial charge is 0.373 e. The van der Waals surface area contributed by atoms with E-state index in [1.54, 1.807) is 12.0 Å². The van der Waals surface area contributed by atoms with Gasteiger partial charge in [0.25, 0.3) is 5.91 Å². The van der Waals surface area contributed by atoms with Gasteiger partial charge < -0.3 is 19.7 Å². The van der Waals surface area contributed by atoms with Gasteiger partial charge in [-0.1, -0.05) is 56.3 Å². The number of amides is 2. The number of hydrogen-bond acceptors (Lipinski definition) is 6. The van der Waals surface area contributed by atoms with Gasteiger partial charge in [0.2, 0.25) is 5.91 Å². The Balaban J connectivity index is 0.00000108.